The summed E-state index contributed by atoms with van der Waals surface area (Å²) >= 11 is 0. The number of carbonyl (C=O) groups excluding carboxylic acids is 6. The lowest BCUT2D eigenvalue weighted by atomic mass is 9.94. The number of hydrogen-bond donors (Lipinski definition) is 4. The first-order chi connectivity index (χ1) is 22.0. The largest absolute Gasteiger partial charge is 0.460 e. The van der Waals surface area contributed by atoms with Crippen LogP contribution in [0.25, 0.3) is 0 Å². The van der Waals surface area contributed by atoms with Crippen molar-refractivity contribution in [2.75, 3.05) is 18.9 Å². The van der Waals surface area contributed by atoms with Crippen LogP contribution < -0.4 is 21.3 Å². The molecule has 0 spiro atoms. The smallest absolute Gasteiger partial charge is 0.311 e. The van der Waals surface area contributed by atoms with E-state index in [4.69, 9.17) is 4.74 Å². The van der Waals surface area contributed by atoms with Gasteiger partial charge in [-0.15, -0.1) is 0 Å². The molecule has 47 heavy (non-hydrogen) atoms. The number of rotatable bonds is 17. The summed E-state index contributed by atoms with van der Waals surface area (Å²) in [6.45, 7) is 15.4. The third kappa shape index (κ3) is 12.1. The second-order valence-corrected chi connectivity index (χ2v) is 14.1. The van der Waals surface area contributed by atoms with Crippen LogP contribution in [0.3, 0.4) is 0 Å². The number of carbonyl (C=O) groups is 6. The van der Waals surface area contributed by atoms with E-state index in [1.807, 2.05) is 27.7 Å². The summed E-state index contributed by atoms with van der Waals surface area (Å²) in [5, 5.41) is 11.4. The van der Waals surface area contributed by atoms with Gasteiger partial charge in [-0.2, -0.15) is 0 Å². The molecule has 262 valence electrons. The Bertz CT molecular complexity index is 1290. The summed E-state index contributed by atoms with van der Waals surface area (Å²) in [7, 11) is 1.79. The highest BCUT2D eigenvalue weighted by Crippen LogP contribution is 2.26. The van der Waals surface area contributed by atoms with E-state index in [-0.39, 0.29) is 60.9 Å². The molecule has 12 nitrogen and oxygen atoms in total. The van der Waals surface area contributed by atoms with Gasteiger partial charge in [0, 0.05) is 37.5 Å². The lowest BCUT2D eigenvalue weighted by Gasteiger charge is -2.24. The van der Waals surface area contributed by atoms with E-state index in [0.29, 0.717) is 38.0 Å². The lowest BCUT2D eigenvalue weighted by Crippen LogP contribution is -2.53. The molecule has 1 aromatic carbocycles. The Morgan fingerprint density at radius 2 is 1.62 bits per heavy atom. The topological polar surface area (TPSA) is 163 Å². The molecule has 0 bridgehead atoms. The van der Waals surface area contributed by atoms with Crippen molar-refractivity contribution in [3.05, 3.63) is 29.3 Å². The number of likely N-dealkylation sites (tertiary alicyclic amines) is 1. The summed E-state index contributed by atoms with van der Waals surface area (Å²) < 4.78 is 5.46. The maximum Gasteiger partial charge on any atom is 0.311 e. The summed E-state index contributed by atoms with van der Waals surface area (Å²) in [6, 6.07) is 3.59. The summed E-state index contributed by atoms with van der Waals surface area (Å²) in [4.78, 5) is 77.0. The van der Waals surface area contributed by atoms with Crippen molar-refractivity contribution in [3.63, 3.8) is 0 Å². The van der Waals surface area contributed by atoms with Gasteiger partial charge in [0.2, 0.25) is 29.5 Å². The van der Waals surface area contributed by atoms with E-state index in [1.54, 1.807) is 52.9 Å². The minimum atomic E-state index is -0.882. The molecular weight excluding hydrogens is 602 g/mol. The van der Waals surface area contributed by atoms with Gasteiger partial charge in [-0.25, -0.2) is 0 Å². The van der Waals surface area contributed by atoms with Crippen molar-refractivity contribution in [2.24, 2.45) is 23.2 Å². The van der Waals surface area contributed by atoms with Crippen LogP contribution in [0.1, 0.15) is 98.6 Å². The molecule has 3 atom stereocenters. The third-order valence-electron chi connectivity index (χ3n) is 8.20. The SMILES string of the molecule is CNCc1cc(NC(=O)[C@H](C)NC(=O)[C@@H](NC(=O)CCCCCN2C(=O)CC(C(C)C)C2=O)C(C)C)ccc1COC(=O)C(C)(C)C. The predicted molar refractivity (Wildman–Crippen MR) is 180 cm³/mol. The van der Waals surface area contributed by atoms with Gasteiger partial charge in [0.1, 0.15) is 18.7 Å². The molecule has 2 rings (SSSR count). The molecule has 1 fully saturated rings. The summed E-state index contributed by atoms with van der Waals surface area (Å²) in [5.74, 6) is -2.07. The molecule has 1 aliphatic heterocycles. The average molecular weight is 658 g/mol. The Morgan fingerprint density at radius 3 is 2.19 bits per heavy atom. The number of benzene rings is 1. The highest BCUT2D eigenvalue weighted by atomic mass is 16.5. The molecule has 0 radical (unpaired) electrons. The van der Waals surface area contributed by atoms with Crippen molar-refractivity contribution in [3.8, 4) is 0 Å². The average Bonchev–Trinajstić information content (AvgIpc) is 3.27. The molecule has 1 unspecified atom stereocenters. The monoisotopic (exact) mass is 657 g/mol. The van der Waals surface area contributed by atoms with Crippen molar-refractivity contribution in [1.29, 1.82) is 0 Å². The van der Waals surface area contributed by atoms with E-state index in [1.165, 1.54) is 4.90 Å². The number of nitrogens with zero attached hydrogens (tertiary/aromatic N) is 1. The summed E-state index contributed by atoms with van der Waals surface area (Å²) in [6.07, 6.45) is 2.28. The molecule has 0 aliphatic carbocycles. The lowest BCUT2D eigenvalue weighted by molar-refractivity contribution is -0.154. The second kappa shape index (κ2) is 17.9. The normalized spacial score (nSPS) is 16.3. The minimum Gasteiger partial charge on any atom is -0.460 e. The van der Waals surface area contributed by atoms with Gasteiger partial charge in [0.25, 0.3) is 0 Å². The van der Waals surface area contributed by atoms with Gasteiger partial charge in [-0.05, 0) is 82.7 Å². The van der Waals surface area contributed by atoms with Gasteiger partial charge in [-0.1, -0.05) is 40.2 Å². The van der Waals surface area contributed by atoms with Crippen LogP contribution in [0.5, 0.6) is 0 Å². The number of anilines is 1. The zero-order valence-electron chi connectivity index (χ0n) is 29.6. The number of nitrogens with one attached hydrogen (secondary N) is 4. The van der Waals surface area contributed by atoms with Crippen LogP contribution >= 0.6 is 0 Å². The van der Waals surface area contributed by atoms with Gasteiger partial charge in [0.05, 0.1) is 5.41 Å². The molecule has 1 aliphatic rings. The first kappa shape index (κ1) is 39.4. The number of ether oxygens (including phenoxy) is 1. The third-order valence-corrected chi connectivity index (χ3v) is 8.20. The zero-order valence-corrected chi connectivity index (χ0v) is 29.6. The number of unbranched alkanes of at least 4 members (excludes halogenated alkanes) is 2. The Balaban J connectivity index is 1.86. The fraction of sp³-hybridized carbons (Fsp3) is 0.657. The molecule has 5 amide bonds. The Morgan fingerprint density at radius 1 is 0.936 bits per heavy atom. The van der Waals surface area contributed by atoms with E-state index in [9.17, 15) is 28.8 Å². The van der Waals surface area contributed by atoms with Gasteiger partial charge < -0.3 is 26.0 Å². The molecule has 12 heteroatoms. The maximum absolute atomic E-state index is 13.1. The van der Waals surface area contributed by atoms with Crippen LogP contribution in [-0.4, -0.2) is 66.1 Å². The first-order valence-electron chi connectivity index (χ1n) is 16.6. The molecule has 1 heterocycles. The zero-order chi connectivity index (χ0) is 35.5. The molecular formula is C35H55N5O7. The quantitative estimate of drug-likeness (QED) is 0.112. The fourth-order valence-electron chi connectivity index (χ4n) is 5.16. The van der Waals surface area contributed by atoms with E-state index in [0.717, 1.165) is 11.1 Å². The molecule has 0 saturated carbocycles. The summed E-state index contributed by atoms with van der Waals surface area (Å²) in [5.41, 5.74) is 1.57. The molecule has 1 saturated heterocycles. The van der Waals surface area contributed by atoms with Crippen LogP contribution in [0.15, 0.2) is 18.2 Å². The van der Waals surface area contributed by atoms with Gasteiger partial charge in [-0.3, -0.25) is 33.7 Å². The number of hydrogen-bond acceptors (Lipinski definition) is 8. The maximum atomic E-state index is 13.1. The van der Waals surface area contributed by atoms with E-state index >= 15 is 0 Å². The minimum absolute atomic E-state index is 0.107. The van der Waals surface area contributed by atoms with Crippen molar-refractivity contribution in [2.45, 2.75) is 113 Å². The number of amides is 5. The molecule has 4 N–H and O–H groups in total. The van der Waals surface area contributed by atoms with E-state index in [2.05, 4.69) is 21.3 Å². The molecule has 0 aromatic heterocycles. The number of imide groups is 1. The van der Waals surface area contributed by atoms with Crippen LogP contribution in [0, 0.1) is 23.2 Å². The number of esters is 1. The van der Waals surface area contributed by atoms with Gasteiger partial charge in [0.15, 0.2) is 0 Å². The van der Waals surface area contributed by atoms with Crippen LogP contribution in [0.2, 0.25) is 0 Å². The predicted octanol–water partition coefficient (Wildman–Crippen LogP) is 3.67. The Labute approximate surface area is 279 Å². The second-order valence-electron chi connectivity index (χ2n) is 14.1. The highest BCUT2D eigenvalue weighted by molar-refractivity contribution is 6.03. The first-order valence-corrected chi connectivity index (χ1v) is 16.6. The van der Waals surface area contributed by atoms with Crippen molar-refractivity contribution >= 4 is 41.2 Å². The van der Waals surface area contributed by atoms with E-state index < -0.39 is 29.3 Å². The van der Waals surface area contributed by atoms with Crippen LogP contribution in [-0.2, 0) is 46.7 Å². The van der Waals surface area contributed by atoms with Crippen molar-refractivity contribution in [1.82, 2.24) is 20.9 Å². The fourth-order valence-corrected chi connectivity index (χ4v) is 5.16. The van der Waals surface area contributed by atoms with Crippen molar-refractivity contribution < 1.29 is 33.5 Å². The Hall–Kier alpha value is -3.80. The highest BCUT2D eigenvalue weighted by Gasteiger charge is 2.39. The van der Waals surface area contributed by atoms with Crippen LogP contribution in [0.4, 0.5) is 5.69 Å². The van der Waals surface area contributed by atoms with Gasteiger partial charge >= 0.3 is 5.97 Å². The standard InChI is InChI=1S/C35H55N5O7/c1-21(2)27-18-29(42)40(33(27)45)16-12-10-11-13-28(41)39-30(22(3)4)32(44)37-23(5)31(43)38-26-15-14-24(25(17-26)19-36-9)20-47-34(46)35(6,7)8/h14-15,17,21-23,27,30,36H,10-13,16,18-20H2,1-9H3,(H,37,44)(H,38,43)(H,39,41)/t23-,27?,30-/m0/s1. The Kier molecular flexibility index (Phi) is 15.0. The molecule has 1 aromatic rings.